The van der Waals surface area contributed by atoms with E-state index in [-0.39, 0.29) is 11.6 Å². The summed E-state index contributed by atoms with van der Waals surface area (Å²) in [7, 11) is 0. The lowest BCUT2D eigenvalue weighted by atomic mass is 10.3. The summed E-state index contributed by atoms with van der Waals surface area (Å²) in [6.45, 7) is 0. The summed E-state index contributed by atoms with van der Waals surface area (Å²) in [6, 6.07) is 10.0. The Morgan fingerprint density at radius 2 is 2.05 bits per heavy atom. The van der Waals surface area contributed by atoms with Gasteiger partial charge in [0, 0.05) is 4.88 Å². The lowest BCUT2D eigenvalue weighted by Crippen LogP contribution is -2.19. The van der Waals surface area contributed by atoms with Gasteiger partial charge in [-0.25, -0.2) is 9.38 Å². The molecule has 20 heavy (non-hydrogen) atoms. The van der Waals surface area contributed by atoms with Crippen molar-refractivity contribution in [1.29, 1.82) is 0 Å². The van der Waals surface area contributed by atoms with E-state index in [0.717, 1.165) is 4.88 Å². The molecule has 1 amide bonds. The Labute approximate surface area is 123 Å². The predicted molar refractivity (Wildman–Crippen MR) is 81.5 cm³/mol. The second-order valence-corrected chi connectivity index (χ2v) is 5.96. The maximum absolute atomic E-state index is 13.5. The largest absolute Gasteiger partial charge is 0.300 e. The van der Waals surface area contributed by atoms with Crippen LogP contribution in [0.5, 0.6) is 0 Å². The van der Waals surface area contributed by atoms with Crippen molar-refractivity contribution < 1.29 is 9.18 Å². The van der Waals surface area contributed by atoms with Crippen LogP contribution in [0.3, 0.4) is 0 Å². The van der Waals surface area contributed by atoms with Crippen LogP contribution >= 0.6 is 23.1 Å². The number of hydrogen-bond donors (Lipinski definition) is 1. The minimum absolute atomic E-state index is 0.210. The molecule has 0 saturated carbocycles. The number of halogens is 1. The highest BCUT2D eigenvalue weighted by molar-refractivity contribution is 8.18. The molecular formula is C14H9FN2OS2. The van der Waals surface area contributed by atoms with E-state index in [9.17, 15) is 9.18 Å². The molecule has 0 bridgehead atoms. The van der Waals surface area contributed by atoms with Crippen molar-refractivity contribution in [2.45, 2.75) is 0 Å². The number of rotatable bonds is 2. The molecule has 6 heteroatoms. The number of thioether (sulfide) groups is 1. The number of amidine groups is 1. The Bertz CT molecular complexity index is 708. The molecule has 1 saturated heterocycles. The standard InChI is InChI=1S/C14H9FN2OS2/c15-10-5-1-2-6-11(10)16-14-17-13(18)12(20-14)8-9-4-3-7-19-9/h1-8H,(H,16,17,18)/b12-8+. The molecule has 1 aliphatic heterocycles. The molecule has 100 valence electrons. The Kier molecular flexibility index (Phi) is 3.66. The molecule has 0 spiro atoms. The van der Waals surface area contributed by atoms with E-state index < -0.39 is 5.82 Å². The summed E-state index contributed by atoms with van der Waals surface area (Å²) in [5, 5.41) is 4.97. The Balaban J connectivity index is 1.85. The van der Waals surface area contributed by atoms with Crippen molar-refractivity contribution >= 4 is 45.9 Å². The van der Waals surface area contributed by atoms with E-state index in [1.807, 2.05) is 17.5 Å². The quantitative estimate of drug-likeness (QED) is 0.858. The Morgan fingerprint density at radius 3 is 2.80 bits per heavy atom. The fourth-order valence-corrected chi connectivity index (χ4v) is 3.19. The minimum atomic E-state index is -0.412. The number of carbonyl (C=O) groups excluding carboxylic acids is 1. The van der Waals surface area contributed by atoms with Crippen molar-refractivity contribution in [1.82, 2.24) is 5.32 Å². The molecule has 0 aliphatic carbocycles. The molecule has 2 heterocycles. The highest BCUT2D eigenvalue weighted by Gasteiger charge is 2.24. The van der Waals surface area contributed by atoms with Crippen LogP contribution in [-0.2, 0) is 4.79 Å². The lowest BCUT2D eigenvalue weighted by molar-refractivity contribution is -0.115. The first-order valence-corrected chi connectivity index (χ1v) is 7.49. The van der Waals surface area contributed by atoms with Crippen LogP contribution < -0.4 is 5.32 Å². The third-order valence-corrected chi connectivity index (χ3v) is 4.27. The number of hydrogen-bond acceptors (Lipinski definition) is 4. The van der Waals surface area contributed by atoms with Gasteiger partial charge in [-0.05, 0) is 41.4 Å². The van der Waals surface area contributed by atoms with E-state index in [4.69, 9.17) is 0 Å². The number of carbonyl (C=O) groups is 1. The zero-order valence-electron chi connectivity index (χ0n) is 10.2. The zero-order valence-corrected chi connectivity index (χ0v) is 11.8. The SMILES string of the molecule is O=C1NC(=Nc2ccccc2F)S/C1=C/c1cccs1. The van der Waals surface area contributed by atoms with E-state index in [0.29, 0.717) is 10.1 Å². The predicted octanol–water partition coefficient (Wildman–Crippen LogP) is 3.78. The fourth-order valence-electron chi connectivity index (χ4n) is 1.63. The first-order valence-electron chi connectivity index (χ1n) is 5.80. The summed E-state index contributed by atoms with van der Waals surface area (Å²) in [6.07, 6.45) is 1.80. The van der Waals surface area contributed by atoms with Crippen molar-refractivity contribution in [2.75, 3.05) is 0 Å². The van der Waals surface area contributed by atoms with Gasteiger partial charge in [0.15, 0.2) is 5.17 Å². The van der Waals surface area contributed by atoms with E-state index in [1.54, 1.807) is 35.6 Å². The van der Waals surface area contributed by atoms with Crippen molar-refractivity contribution in [3.8, 4) is 0 Å². The van der Waals surface area contributed by atoms with Gasteiger partial charge in [-0.1, -0.05) is 18.2 Å². The van der Waals surface area contributed by atoms with Gasteiger partial charge >= 0.3 is 0 Å². The van der Waals surface area contributed by atoms with Gasteiger partial charge in [0.05, 0.1) is 4.91 Å². The first-order chi connectivity index (χ1) is 9.72. The highest BCUT2D eigenvalue weighted by atomic mass is 32.2. The van der Waals surface area contributed by atoms with Gasteiger partial charge < -0.3 is 5.32 Å². The van der Waals surface area contributed by atoms with Gasteiger partial charge in [0.2, 0.25) is 0 Å². The van der Waals surface area contributed by atoms with Crippen molar-refractivity contribution in [2.24, 2.45) is 4.99 Å². The van der Waals surface area contributed by atoms with Crippen LogP contribution in [0.25, 0.3) is 6.08 Å². The van der Waals surface area contributed by atoms with Gasteiger partial charge in [0.25, 0.3) is 5.91 Å². The third kappa shape index (κ3) is 2.81. The van der Waals surface area contributed by atoms with Crippen molar-refractivity contribution in [3.63, 3.8) is 0 Å². The van der Waals surface area contributed by atoms with Gasteiger partial charge in [-0.15, -0.1) is 11.3 Å². The lowest BCUT2D eigenvalue weighted by Gasteiger charge is -1.97. The number of para-hydroxylation sites is 1. The van der Waals surface area contributed by atoms with E-state index >= 15 is 0 Å². The molecular weight excluding hydrogens is 295 g/mol. The summed E-state index contributed by atoms with van der Waals surface area (Å²) in [4.78, 5) is 17.5. The Hall–Kier alpha value is -1.92. The number of amides is 1. The van der Waals surface area contributed by atoms with Gasteiger partial charge in [0.1, 0.15) is 11.5 Å². The normalized spacial score (nSPS) is 18.8. The molecule has 0 radical (unpaired) electrons. The molecule has 1 aromatic carbocycles. The first kappa shape index (κ1) is 13.1. The highest BCUT2D eigenvalue weighted by Crippen LogP contribution is 2.29. The number of nitrogens with one attached hydrogen (secondary N) is 1. The molecule has 0 unspecified atom stereocenters. The Morgan fingerprint density at radius 1 is 1.20 bits per heavy atom. The molecule has 1 aromatic heterocycles. The number of nitrogens with zero attached hydrogens (tertiary/aromatic N) is 1. The summed E-state index contributed by atoms with van der Waals surface area (Å²) < 4.78 is 13.5. The maximum Gasteiger partial charge on any atom is 0.264 e. The van der Waals surface area contributed by atoms with Crippen LogP contribution in [0.4, 0.5) is 10.1 Å². The van der Waals surface area contributed by atoms with Crippen LogP contribution in [0.15, 0.2) is 51.7 Å². The van der Waals surface area contributed by atoms with Crippen LogP contribution in [0, 0.1) is 5.82 Å². The van der Waals surface area contributed by atoms with Gasteiger partial charge in [-0.2, -0.15) is 0 Å². The maximum atomic E-state index is 13.5. The second kappa shape index (κ2) is 5.60. The molecule has 1 fully saturated rings. The topological polar surface area (TPSA) is 41.5 Å². The molecule has 1 aliphatic rings. The summed E-state index contributed by atoms with van der Waals surface area (Å²) >= 11 is 2.76. The fraction of sp³-hybridized carbons (Fsp3) is 0. The monoisotopic (exact) mass is 304 g/mol. The van der Waals surface area contributed by atoms with E-state index in [1.165, 1.54) is 17.8 Å². The summed E-state index contributed by atoms with van der Waals surface area (Å²) in [5.41, 5.74) is 0.215. The molecule has 1 N–H and O–H groups in total. The molecule has 0 atom stereocenters. The molecule has 3 nitrogen and oxygen atoms in total. The average Bonchev–Trinajstić information content (AvgIpc) is 3.04. The minimum Gasteiger partial charge on any atom is -0.300 e. The van der Waals surface area contributed by atoms with Crippen LogP contribution in [0.1, 0.15) is 4.88 Å². The van der Waals surface area contributed by atoms with Gasteiger partial charge in [-0.3, -0.25) is 4.79 Å². The molecule has 3 rings (SSSR count). The van der Waals surface area contributed by atoms with Crippen LogP contribution in [0.2, 0.25) is 0 Å². The third-order valence-electron chi connectivity index (χ3n) is 2.54. The number of aliphatic imine (C=N–C) groups is 1. The second-order valence-electron chi connectivity index (χ2n) is 3.95. The molecule has 2 aromatic rings. The summed E-state index contributed by atoms with van der Waals surface area (Å²) in [5.74, 6) is -0.621. The average molecular weight is 304 g/mol. The zero-order chi connectivity index (χ0) is 13.9. The van der Waals surface area contributed by atoms with Crippen LogP contribution in [-0.4, -0.2) is 11.1 Å². The van der Waals surface area contributed by atoms with E-state index in [2.05, 4.69) is 10.3 Å². The van der Waals surface area contributed by atoms with Crippen molar-refractivity contribution in [3.05, 3.63) is 57.4 Å². The smallest absolute Gasteiger partial charge is 0.264 e. The number of benzene rings is 1. The number of thiophene rings is 1.